The van der Waals surface area contributed by atoms with Crippen molar-refractivity contribution in [3.05, 3.63) is 66.5 Å². The Bertz CT molecular complexity index is 800. The van der Waals surface area contributed by atoms with E-state index >= 15 is 0 Å². The van der Waals surface area contributed by atoms with E-state index in [1.807, 2.05) is 42.7 Å². The average molecular weight is 276 g/mol. The first-order valence-corrected chi connectivity index (χ1v) is 6.93. The Hall–Kier alpha value is -2.68. The van der Waals surface area contributed by atoms with Crippen molar-refractivity contribution in [3.63, 3.8) is 0 Å². The van der Waals surface area contributed by atoms with Crippen LogP contribution in [0, 0.1) is 0 Å². The molecule has 21 heavy (non-hydrogen) atoms. The summed E-state index contributed by atoms with van der Waals surface area (Å²) in [6.07, 6.45) is 8.00. The van der Waals surface area contributed by atoms with E-state index in [9.17, 15) is 4.79 Å². The predicted octanol–water partition coefficient (Wildman–Crippen LogP) is 3.92. The molecule has 0 bridgehead atoms. The number of aromatic nitrogens is 2. The standard InChI is InChI=1S/C18H16N2O/c1-13(21)6-5-9-15-12-20-18-17(15)16(10-11-19-18)14-7-3-2-4-8-14/h2-8,10-12H,9H2,1H3,(H,19,20). The molecule has 0 aliphatic carbocycles. The van der Waals surface area contributed by atoms with Crippen molar-refractivity contribution in [3.8, 4) is 11.1 Å². The summed E-state index contributed by atoms with van der Waals surface area (Å²) in [4.78, 5) is 18.6. The highest BCUT2D eigenvalue weighted by molar-refractivity contribution is 5.95. The van der Waals surface area contributed by atoms with Crippen molar-refractivity contribution in [2.75, 3.05) is 0 Å². The number of pyridine rings is 1. The summed E-state index contributed by atoms with van der Waals surface area (Å²) < 4.78 is 0. The van der Waals surface area contributed by atoms with Crippen LogP contribution in [0.25, 0.3) is 22.2 Å². The predicted molar refractivity (Wildman–Crippen MR) is 85.1 cm³/mol. The van der Waals surface area contributed by atoms with E-state index in [1.165, 1.54) is 5.56 Å². The maximum absolute atomic E-state index is 11.0. The molecule has 0 spiro atoms. The maximum Gasteiger partial charge on any atom is 0.152 e. The van der Waals surface area contributed by atoms with E-state index in [0.717, 1.165) is 22.2 Å². The van der Waals surface area contributed by atoms with Gasteiger partial charge in [0.15, 0.2) is 5.78 Å². The van der Waals surface area contributed by atoms with Crippen LogP contribution in [0.5, 0.6) is 0 Å². The molecule has 3 heteroatoms. The highest BCUT2D eigenvalue weighted by Gasteiger charge is 2.10. The van der Waals surface area contributed by atoms with Crippen LogP contribution >= 0.6 is 0 Å². The van der Waals surface area contributed by atoms with Crippen molar-refractivity contribution in [2.24, 2.45) is 0 Å². The molecule has 0 saturated heterocycles. The smallest absolute Gasteiger partial charge is 0.152 e. The topological polar surface area (TPSA) is 45.8 Å². The Morgan fingerprint density at radius 3 is 2.81 bits per heavy atom. The lowest BCUT2D eigenvalue weighted by Crippen LogP contribution is -1.86. The number of carbonyl (C=O) groups excluding carboxylic acids is 1. The average Bonchev–Trinajstić information content (AvgIpc) is 2.91. The van der Waals surface area contributed by atoms with E-state index in [0.29, 0.717) is 6.42 Å². The van der Waals surface area contributed by atoms with E-state index in [2.05, 4.69) is 22.1 Å². The lowest BCUT2D eigenvalue weighted by atomic mass is 10.00. The molecule has 2 heterocycles. The molecular weight excluding hydrogens is 260 g/mol. The summed E-state index contributed by atoms with van der Waals surface area (Å²) in [5.74, 6) is 0.0660. The van der Waals surface area contributed by atoms with Gasteiger partial charge in [-0.3, -0.25) is 4.79 Å². The molecule has 0 saturated carbocycles. The number of fused-ring (bicyclic) bond motifs is 1. The Morgan fingerprint density at radius 2 is 2.05 bits per heavy atom. The lowest BCUT2D eigenvalue weighted by Gasteiger charge is -2.05. The minimum absolute atomic E-state index is 0.0660. The van der Waals surface area contributed by atoms with Crippen LogP contribution in [0.4, 0.5) is 0 Å². The van der Waals surface area contributed by atoms with Gasteiger partial charge in [0.1, 0.15) is 5.65 Å². The van der Waals surface area contributed by atoms with Gasteiger partial charge in [-0.15, -0.1) is 0 Å². The lowest BCUT2D eigenvalue weighted by molar-refractivity contribution is -0.112. The van der Waals surface area contributed by atoms with E-state index in [1.54, 1.807) is 13.0 Å². The van der Waals surface area contributed by atoms with Crippen molar-refractivity contribution < 1.29 is 4.79 Å². The number of ketones is 1. The fourth-order valence-electron chi connectivity index (χ4n) is 2.50. The molecule has 0 aliphatic heterocycles. The number of allylic oxidation sites excluding steroid dienone is 2. The number of carbonyl (C=O) groups is 1. The van der Waals surface area contributed by atoms with Crippen LogP contribution in [-0.2, 0) is 11.2 Å². The van der Waals surface area contributed by atoms with Gasteiger partial charge in [-0.25, -0.2) is 4.98 Å². The minimum atomic E-state index is 0.0660. The molecule has 0 aliphatic rings. The summed E-state index contributed by atoms with van der Waals surface area (Å²) in [6, 6.07) is 12.3. The van der Waals surface area contributed by atoms with Crippen molar-refractivity contribution in [1.29, 1.82) is 0 Å². The van der Waals surface area contributed by atoms with Crippen LogP contribution in [-0.4, -0.2) is 15.8 Å². The third-order valence-electron chi connectivity index (χ3n) is 3.43. The second kappa shape index (κ2) is 5.75. The van der Waals surface area contributed by atoms with Gasteiger partial charge in [-0.2, -0.15) is 0 Å². The van der Waals surface area contributed by atoms with E-state index in [4.69, 9.17) is 0 Å². The Balaban J connectivity index is 2.09. The second-order valence-electron chi connectivity index (χ2n) is 4.98. The van der Waals surface area contributed by atoms with Gasteiger partial charge in [-0.1, -0.05) is 36.4 Å². The van der Waals surface area contributed by atoms with Crippen molar-refractivity contribution in [1.82, 2.24) is 9.97 Å². The highest BCUT2D eigenvalue weighted by atomic mass is 16.1. The van der Waals surface area contributed by atoms with Gasteiger partial charge >= 0.3 is 0 Å². The quantitative estimate of drug-likeness (QED) is 0.734. The molecule has 3 rings (SSSR count). The molecule has 0 fully saturated rings. The van der Waals surface area contributed by atoms with Crippen LogP contribution in [0.3, 0.4) is 0 Å². The number of H-pyrrole nitrogens is 1. The van der Waals surface area contributed by atoms with Gasteiger partial charge < -0.3 is 4.98 Å². The zero-order chi connectivity index (χ0) is 14.7. The zero-order valence-electron chi connectivity index (χ0n) is 11.8. The normalized spacial score (nSPS) is 11.3. The molecule has 3 aromatic rings. The number of aromatic amines is 1. The number of hydrogen-bond donors (Lipinski definition) is 1. The number of hydrogen-bond acceptors (Lipinski definition) is 2. The van der Waals surface area contributed by atoms with E-state index in [-0.39, 0.29) is 5.78 Å². The number of benzene rings is 1. The summed E-state index contributed by atoms with van der Waals surface area (Å²) in [7, 11) is 0. The molecule has 1 aromatic carbocycles. The second-order valence-corrected chi connectivity index (χ2v) is 4.98. The van der Waals surface area contributed by atoms with Crippen molar-refractivity contribution >= 4 is 16.8 Å². The third kappa shape index (κ3) is 2.77. The van der Waals surface area contributed by atoms with Crippen LogP contribution in [0.15, 0.2) is 60.9 Å². The molecule has 0 amide bonds. The summed E-state index contributed by atoms with van der Waals surface area (Å²) in [5.41, 5.74) is 4.35. The Kier molecular flexibility index (Phi) is 3.65. The van der Waals surface area contributed by atoms with Gasteiger partial charge in [-0.05, 0) is 42.2 Å². The van der Waals surface area contributed by atoms with Gasteiger partial charge in [0.05, 0.1) is 0 Å². The summed E-state index contributed by atoms with van der Waals surface area (Å²) >= 11 is 0. The van der Waals surface area contributed by atoms with Crippen LogP contribution in [0.2, 0.25) is 0 Å². The fraction of sp³-hybridized carbons (Fsp3) is 0.111. The molecule has 0 atom stereocenters. The SMILES string of the molecule is CC(=O)C=CCc1c[nH]c2nccc(-c3ccccc3)c12. The third-order valence-corrected chi connectivity index (χ3v) is 3.43. The van der Waals surface area contributed by atoms with E-state index < -0.39 is 0 Å². The Morgan fingerprint density at radius 1 is 1.24 bits per heavy atom. The molecule has 2 aromatic heterocycles. The van der Waals surface area contributed by atoms with Gasteiger partial charge in [0, 0.05) is 17.8 Å². The fourth-order valence-corrected chi connectivity index (χ4v) is 2.50. The molecule has 1 N–H and O–H groups in total. The molecule has 104 valence electrons. The van der Waals surface area contributed by atoms with Gasteiger partial charge in [0.2, 0.25) is 0 Å². The first-order chi connectivity index (χ1) is 10.3. The summed E-state index contributed by atoms with van der Waals surface area (Å²) in [6.45, 7) is 1.56. The minimum Gasteiger partial charge on any atom is -0.346 e. The highest BCUT2D eigenvalue weighted by Crippen LogP contribution is 2.30. The monoisotopic (exact) mass is 276 g/mol. The molecular formula is C18H16N2O. The van der Waals surface area contributed by atoms with Crippen LogP contribution < -0.4 is 0 Å². The number of nitrogens with one attached hydrogen (secondary N) is 1. The Labute approximate surface area is 123 Å². The first-order valence-electron chi connectivity index (χ1n) is 6.93. The maximum atomic E-state index is 11.0. The van der Waals surface area contributed by atoms with Crippen LogP contribution in [0.1, 0.15) is 12.5 Å². The number of rotatable bonds is 4. The molecule has 3 nitrogen and oxygen atoms in total. The van der Waals surface area contributed by atoms with Gasteiger partial charge in [0.25, 0.3) is 0 Å². The molecule has 0 unspecified atom stereocenters. The van der Waals surface area contributed by atoms with Crippen molar-refractivity contribution in [2.45, 2.75) is 13.3 Å². The first kappa shape index (κ1) is 13.3. The number of nitrogens with zero attached hydrogens (tertiary/aromatic N) is 1. The summed E-state index contributed by atoms with van der Waals surface area (Å²) in [5, 5.41) is 1.12. The molecule has 0 radical (unpaired) electrons. The largest absolute Gasteiger partial charge is 0.346 e. The zero-order valence-corrected chi connectivity index (χ0v) is 11.8.